The van der Waals surface area contributed by atoms with E-state index in [4.69, 9.17) is 23.2 Å². The lowest BCUT2D eigenvalue weighted by Gasteiger charge is -2.35. The molecule has 2 fully saturated rings. The van der Waals surface area contributed by atoms with Crippen molar-refractivity contribution in [3.05, 3.63) is 28.2 Å². The molecule has 1 aromatic rings. The van der Waals surface area contributed by atoms with E-state index in [-0.39, 0.29) is 39.9 Å². The summed E-state index contributed by atoms with van der Waals surface area (Å²) in [6, 6.07) is 4.62. The van der Waals surface area contributed by atoms with Gasteiger partial charge < -0.3 is 10.2 Å². The standard InChI is InChI=1S/C15H19Cl2N3O3S/c16-12-2-1-3-13(17)14(12)24(22,23)20-8-6-19(7-9-20)15(21)11-4-5-18-10-11/h1-3,11,18H,4-10H2. The van der Waals surface area contributed by atoms with Crippen molar-refractivity contribution in [1.82, 2.24) is 14.5 Å². The van der Waals surface area contributed by atoms with Crippen LogP contribution in [0, 0.1) is 5.92 Å². The molecule has 3 rings (SSSR count). The average molecular weight is 392 g/mol. The Hall–Kier alpha value is -0.860. The van der Waals surface area contributed by atoms with E-state index in [1.807, 2.05) is 0 Å². The van der Waals surface area contributed by atoms with Crippen LogP contribution in [0.3, 0.4) is 0 Å². The van der Waals surface area contributed by atoms with E-state index in [2.05, 4.69) is 5.32 Å². The third kappa shape index (κ3) is 3.41. The summed E-state index contributed by atoms with van der Waals surface area (Å²) in [5, 5.41) is 3.39. The predicted octanol–water partition coefficient (Wildman–Crippen LogP) is 1.44. The topological polar surface area (TPSA) is 69.7 Å². The molecule has 1 N–H and O–H groups in total. The molecule has 1 unspecified atom stereocenters. The maximum atomic E-state index is 12.8. The molecule has 1 amide bonds. The largest absolute Gasteiger partial charge is 0.340 e. The second-order valence-electron chi connectivity index (χ2n) is 5.97. The molecule has 0 aromatic heterocycles. The van der Waals surface area contributed by atoms with Crippen LogP contribution in [0.5, 0.6) is 0 Å². The molecule has 0 aliphatic carbocycles. The predicted molar refractivity (Wildman–Crippen MR) is 92.8 cm³/mol. The molecule has 9 heteroatoms. The summed E-state index contributed by atoms with van der Waals surface area (Å²) in [7, 11) is -3.77. The summed E-state index contributed by atoms with van der Waals surface area (Å²) in [4.78, 5) is 14.1. The van der Waals surface area contributed by atoms with Crippen molar-refractivity contribution < 1.29 is 13.2 Å². The first-order valence-electron chi connectivity index (χ1n) is 7.85. The molecule has 6 nitrogen and oxygen atoms in total. The van der Waals surface area contributed by atoms with Gasteiger partial charge in [0, 0.05) is 32.7 Å². The number of rotatable bonds is 3. The lowest BCUT2D eigenvalue weighted by Crippen LogP contribution is -2.52. The first-order valence-corrected chi connectivity index (χ1v) is 10.0. The van der Waals surface area contributed by atoms with Gasteiger partial charge in [-0.3, -0.25) is 4.79 Å². The fourth-order valence-corrected chi connectivity index (χ4v) is 5.64. The fourth-order valence-electron chi connectivity index (χ4n) is 3.13. The third-order valence-corrected chi connectivity index (χ3v) is 7.33. The monoisotopic (exact) mass is 391 g/mol. The van der Waals surface area contributed by atoms with Gasteiger partial charge in [0.25, 0.3) is 0 Å². The summed E-state index contributed by atoms with van der Waals surface area (Å²) in [6.45, 7) is 2.82. The van der Waals surface area contributed by atoms with E-state index in [1.54, 1.807) is 11.0 Å². The first-order chi connectivity index (χ1) is 11.4. The van der Waals surface area contributed by atoms with Crippen LogP contribution in [0.4, 0.5) is 0 Å². The number of carbonyl (C=O) groups is 1. The molecule has 0 spiro atoms. The van der Waals surface area contributed by atoms with Crippen molar-refractivity contribution in [2.75, 3.05) is 39.3 Å². The molecule has 0 saturated carbocycles. The first kappa shape index (κ1) is 17.9. The van der Waals surface area contributed by atoms with Gasteiger partial charge in [-0.1, -0.05) is 29.3 Å². The quantitative estimate of drug-likeness (QED) is 0.845. The van der Waals surface area contributed by atoms with Gasteiger partial charge in [0.1, 0.15) is 4.90 Å². The minimum absolute atomic E-state index is 0.00571. The van der Waals surface area contributed by atoms with E-state index in [1.165, 1.54) is 16.4 Å². The van der Waals surface area contributed by atoms with Gasteiger partial charge in [-0.25, -0.2) is 8.42 Å². The van der Waals surface area contributed by atoms with Crippen LogP contribution in [0.15, 0.2) is 23.1 Å². The Bertz CT molecular complexity index is 707. The highest BCUT2D eigenvalue weighted by molar-refractivity contribution is 7.89. The Morgan fingerprint density at radius 1 is 1.12 bits per heavy atom. The van der Waals surface area contributed by atoms with Gasteiger partial charge in [-0.15, -0.1) is 0 Å². The van der Waals surface area contributed by atoms with Crippen LogP contribution in [0.25, 0.3) is 0 Å². The molecule has 0 radical (unpaired) electrons. The maximum Gasteiger partial charge on any atom is 0.246 e. The van der Waals surface area contributed by atoms with Crippen LogP contribution < -0.4 is 5.32 Å². The average Bonchev–Trinajstić information content (AvgIpc) is 3.08. The number of hydrogen-bond donors (Lipinski definition) is 1. The van der Waals surface area contributed by atoms with Gasteiger partial charge in [0.2, 0.25) is 15.9 Å². The third-order valence-electron chi connectivity index (χ3n) is 4.48. The zero-order valence-corrected chi connectivity index (χ0v) is 15.4. The molecular weight excluding hydrogens is 373 g/mol. The Morgan fingerprint density at radius 2 is 1.75 bits per heavy atom. The van der Waals surface area contributed by atoms with Crippen LogP contribution in [-0.2, 0) is 14.8 Å². The number of amides is 1. The smallest absolute Gasteiger partial charge is 0.246 e. The van der Waals surface area contributed by atoms with Gasteiger partial charge >= 0.3 is 0 Å². The minimum atomic E-state index is -3.77. The van der Waals surface area contributed by atoms with E-state index < -0.39 is 10.0 Å². The van der Waals surface area contributed by atoms with Crippen molar-refractivity contribution in [1.29, 1.82) is 0 Å². The van der Waals surface area contributed by atoms with E-state index in [0.717, 1.165) is 13.0 Å². The highest BCUT2D eigenvalue weighted by atomic mass is 35.5. The molecule has 2 heterocycles. The maximum absolute atomic E-state index is 12.8. The fraction of sp³-hybridized carbons (Fsp3) is 0.533. The van der Waals surface area contributed by atoms with Gasteiger partial charge in [0.15, 0.2) is 0 Å². The van der Waals surface area contributed by atoms with Gasteiger partial charge in [-0.2, -0.15) is 4.31 Å². The summed E-state index contributed by atoms with van der Waals surface area (Å²) in [6.07, 6.45) is 0.840. The summed E-state index contributed by atoms with van der Waals surface area (Å²) >= 11 is 12.1. The summed E-state index contributed by atoms with van der Waals surface area (Å²) < 4.78 is 27.0. The molecule has 2 aliphatic heterocycles. The van der Waals surface area contributed by atoms with Crippen LogP contribution in [0.2, 0.25) is 10.0 Å². The normalized spacial score (nSPS) is 22.8. The van der Waals surface area contributed by atoms with Crippen molar-refractivity contribution in [2.24, 2.45) is 5.92 Å². The van der Waals surface area contributed by atoms with Crippen molar-refractivity contribution in [3.63, 3.8) is 0 Å². The second kappa shape index (κ2) is 7.17. The summed E-state index contributed by atoms with van der Waals surface area (Å²) in [5.41, 5.74) is 0. The Labute approximate surface area is 151 Å². The number of piperazine rings is 1. The highest BCUT2D eigenvalue weighted by Crippen LogP contribution is 2.32. The number of sulfonamides is 1. The lowest BCUT2D eigenvalue weighted by molar-refractivity contribution is -0.136. The Morgan fingerprint density at radius 3 is 2.29 bits per heavy atom. The van der Waals surface area contributed by atoms with Gasteiger partial charge in [-0.05, 0) is 25.1 Å². The van der Waals surface area contributed by atoms with Crippen LogP contribution in [0.1, 0.15) is 6.42 Å². The van der Waals surface area contributed by atoms with E-state index in [9.17, 15) is 13.2 Å². The number of nitrogens with zero attached hydrogens (tertiary/aromatic N) is 2. The van der Waals surface area contributed by atoms with E-state index in [0.29, 0.717) is 19.6 Å². The van der Waals surface area contributed by atoms with Crippen LogP contribution in [-0.4, -0.2) is 62.8 Å². The molecule has 1 aromatic carbocycles. The van der Waals surface area contributed by atoms with Crippen molar-refractivity contribution >= 4 is 39.1 Å². The van der Waals surface area contributed by atoms with Crippen LogP contribution >= 0.6 is 23.2 Å². The molecule has 2 aliphatic rings. The van der Waals surface area contributed by atoms with Gasteiger partial charge in [0.05, 0.1) is 16.0 Å². The number of carbonyl (C=O) groups excluding carboxylic acids is 1. The van der Waals surface area contributed by atoms with Crippen molar-refractivity contribution in [2.45, 2.75) is 11.3 Å². The Kier molecular flexibility index (Phi) is 5.36. The van der Waals surface area contributed by atoms with E-state index >= 15 is 0 Å². The zero-order chi connectivity index (χ0) is 17.3. The molecular formula is C15H19Cl2N3O3S. The lowest BCUT2D eigenvalue weighted by atomic mass is 10.1. The molecule has 132 valence electrons. The number of nitrogens with one attached hydrogen (secondary N) is 1. The SMILES string of the molecule is O=C(C1CCNC1)N1CCN(S(=O)(=O)c2c(Cl)cccc2Cl)CC1. The van der Waals surface area contributed by atoms with Crippen molar-refractivity contribution in [3.8, 4) is 0 Å². The number of halogens is 2. The molecule has 1 atom stereocenters. The molecule has 24 heavy (non-hydrogen) atoms. The summed E-state index contributed by atoms with van der Waals surface area (Å²) in [5.74, 6) is 0.110. The number of benzene rings is 1. The zero-order valence-electron chi connectivity index (χ0n) is 13.0. The Balaban J connectivity index is 1.71. The minimum Gasteiger partial charge on any atom is -0.340 e. The molecule has 0 bridgehead atoms. The second-order valence-corrected chi connectivity index (χ2v) is 8.66. The number of hydrogen-bond acceptors (Lipinski definition) is 4. The molecule has 2 saturated heterocycles. The highest BCUT2D eigenvalue weighted by Gasteiger charge is 2.35.